The summed E-state index contributed by atoms with van der Waals surface area (Å²) < 4.78 is 11.1. The predicted octanol–water partition coefficient (Wildman–Crippen LogP) is 5.11. The highest BCUT2D eigenvalue weighted by Crippen LogP contribution is 2.43. The van der Waals surface area contributed by atoms with E-state index in [9.17, 15) is 14.7 Å². The molecule has 33 heavy (non-hydrogen) atoms. The van der Waals surface area contributed by atoms with Crippen LogP contribution < -0.4 is 14.4 Å². The number of carbonyl (C=O) groups excluding carboxylic acids is 2. The summed E-state index contributed by atoms with van der Waals surface area (Å²) in [5.74, 6) is -0.431. The number of nitrogens with zero attached hydrogens (tertiary/aromatic N) is 1. The number of Topliss-reactive ketones (excluding diaryl/α,β-unsaturated/α-hetero) is 1. The number of methoxy groups -OCH3 is 1. The van der Waals surface area contributed by atoms with Crippen molar-refractivity contribution in [1.82, 2.24) is 0 Å². The lowest BCUT2D eigenvalue weighted by Gasteiger charge is -2.26. The summed E-state index contributed by atoms with van der Waals surface area (Å²) >= 11 is 0. The van der Waals surface area contributed by atoms with Crippen molar-refractivity contribution in [2.24, 2.45) is 0 Å². The molecule has 168 valence electrons. The molecule has 0 aromatic heterocycles. The van der Waals surface area contributed by atoms with Gasteiger partial charge in [0.15, 0.2) is 0 Å². The van der Waals surface area contributed by atoms with E-state index in [0.717, 1.165) is 0 Å². The minimum absolute atomic E-state index is 0.00716. The maximum Gasteiger partial charge on any atom is 0.300 e. The SMILES string of the molecule is COc1cccc(C2/C(=C(/O)c3ccccc3)C(=O)C(=O)N2c2ccc(OC(C)C)cc2)c1. The van der Waals surface area contributed by atoms with Gasteiger partial charge in [-0.05, 0) is 55.8 Å². The van der Waals surface area contributed by atoms with Gasteiger partial charge in [0.2, 0.25) is 0 Å². The lowest BCUT2D eigenvalue weighted by atomic mass is 9.95. The van der Waals surface area contributed by atoms with E-state index in [0.29, 0.717) is 28.3 Å². The van der Waals surface area contributed by atoms with E-state index in [1.165, 1.54) is 4.90 Å². The van der Waals surface area contributed by atoms with Crippen molar-refractivity contribution >= 4 is 23.1 Å². The van der Waals surface area contributed by atoms with Gasteiger partial charge < -0.3 is 14.6 Å². The minimum Gasteiger partial charge on any atom is -0.507 e. The van der Waals surface area contributed by atoms with Crippen LogP contribution in [0.3, 0.4) is 0 Å². The van der Waals surface area contributed by atoms with Crippen molar-refractivity contribution in [3.05, 3.63) is 95.6 Å². The van der Waals surface area contributed by atoms with Crippen molar-refractivity contribution in [3.8, 4) is 11.5 Å². The van der Waals surface area contributed by atoms with Gasteiger partial charge in [0.25, 0.3) is 11.7 Å². The first-order valence-electron chi connectivity index (χ1n) is 10.7. The molecule has 1 N–H and O–H groups in total. The first-order chi connectivity index (χ1) is 15.9. The molecule has 0 saturated carbocycles. The molecule has 3 aromatic carbocycles. The Balaban J connectivity index is 1.88. The minimum atomic E-state index is -0.822. The van der Waals surface area contributed by atoms with E-state index in [2.05, 4.69) is 0 Å². The van der Waals surface area contributed by atoms with Crippen LogP contribution in [0, 0.1) is 0 Å². The summed E-state index contributed by atoms with van der Waals surface area (Å²) in [6, 6.07) is 22.0. The lowest BCUT2D eigenvalue weighted by Crippen LogP contribution is -2.29. The smallest absolute Gasteiger partial charge is 0.300 e. The molecule has 3 aromatic rings. The van der Waals surface area contributed by atoms with Crippen molar-refractivity contribution in [2.45, 2.75) is 26.0 Å². The van der Waals surface area contributed by atoms with Gasteiger partial charge >= 0.3 is 0 Å². The molecule has 1 amide bonds. The molecule has 1 aliphatic rings. The molecule has 1 fully saturated rings. The fourth-order valence-electron chi connectivity index (χ4n) is 3.93. The van der Waals surface area contributed by atoms with Gasteiger partial charge in [0.1, 0.15) is 17.3 Å². The van der Waals surface area contributed by atoms with Gasteiger partial charge in [0, 0.05) is 11.3 Å². The van der Waals surface area contributed by atoms with Crippen LogP contribution >= 0.6 is 0 Å². The number of aliphatic hydroxyl groups excluding tert-OH is 1. The number of carbonyl (C=O) groups is 2. The van der Waals surface area contributed by atoms with Crippen LogP contribution in [-0.4, -0.2) is 30.0 Å². The zero-order chi connectivity index (χ0) is 23.5. The summed E-state index contributed by atoms with van der Waals surface area (Å²) in [5.41, 5.74) is 1.66. The number of aliphatic hydroxyl groups is 1. The van der Waals surface area contributed by atoms with Crippen LogP contribution in [0.1, 0.15) is 31.0 Å². The van der Waals surface area contributed by atoms with Crippen LogP contribution in [-0.2, 0) is 9.59 Å². The third kappa shape index (κ3) is 4.32. The Morgan fingerprint density at radius 2 is 1.61 bits per heavy atom. The molecular weight excluding hydrogens is 418 g/mol. The molecule has 1 unspecified atom stereocenters. The van der Waals surface area contributed by atoms with E-state index >= 15 is 0 Å². The van der Waals surface area contributed by atoms with E-state index in [-0.39, 0.29) is 17.4 Å². The highest BCUT2D eigenvalue weighted by Gasteiger charge is 2.47. The van der Waals surface area contributed by atoms with E-state index < -0.39 is 17.7 Å². The Bertz CT molecular complexity index is 1200. The maximum absolute atomic E-state index is 13.2. The highest BCUT2D eigenvalue weighted by atomic mass is 16.5. The van der Waals surface area contributed by atoms with Gasteiger partial charge in [-0.1, -0.05) is 42.5 Å². The molecule has 1 heterocycles. The summed E-state index contributed by atoms with van der Waals surface area (Å²) in [5, 5.41) is 11.1. The van der Waals surface area contributed by atoms with Crippen molar-refractivity contribution in [2.75, 3.05) is 12.0 Å². The summed E-state index contributed by atoms with van der Waals surface area (Å²) in [6.45, 7) is 3.86. The van der Waals surface area contributed by atoms with Crippen LogP contribution in [0.4, 0.5) is 5.69 Å². The zero-order valence-corrected chi connectivity index (χ0v) is 18.7. The molecule has 0 aliphatic carbocycles. The van der Waals surface area contributed by atoms with Gasteiger partial charge in [-0.25, -0.2) is 0 Å². The Morgan fingerprint density at radius 3 is 2.24 bits per heavy atom. The Labute approximate surface area is 192 Å². The van der Waals surface area contributed by atoms with E-state index in [1.807, 2.05) is 19.9 Å². The average molecular weight is 443 g/mol. The van der Waals surface area contributed by atoms with Gasteiger partial charge in [-0.15, -0.1) is 0 Å². The third-order valence-corrected chi connectivity index (χ3v) is 5.39. The number of benzene rings is 3. The third-order valence-electron chi connectivity index (χ3n) is 5.39. The second-order valence-electron chi connectivity index (χ2n) is 7.97. The molecular formula is C27H25NO5. The average Bonchev–Trinajstić information content (AvgIpc) is 3.10. The molecule has 0 radical (unpaired) electrons. The fraction of sp³-hybridized carbons (Fsp3) is 0.185. The second-order valence-corrected chi connectivity index (χ2v) is 7.97. The van der Waals surface area contributed by atoms with Gasteiger partial charge in [0.05, 0.1) is 24.8 Å². The molecule has 0 bridgehead atoms. The number of amides is 1. The van der Waals surface area contributed by atoms with Crippen LogP contribution in [0.2, 0.25) is 0 Å². The van der Waals surface area contributed by atoms with Crippen LogP contribution in [0.15, 0.2) is 84.4 Å². The standard InChI is InChI=1S/C27H25NO5/c1-17(2)33-21-14-12-20(13-15-21)28-24(19-10-7-11-22(16-19)32-3)23(26(30)27(28)31)25(29)18-8-5-4-6-9-18/h4-17,24,29H,1-3H3/b25-23-. The van der Waals surface area contributed by atoms with Crippen molar-refractivity contribution in [1.29, 1.82) is 0 Å². The monoisotopic (exact) mass is 443 g/mol. The summed E-state index contributed by atoms with van der Waals surface area (Å²) in [4.78, 5) is 27.8. The number of hydrogen-bond donors (Lipinski definition) is 1. The van der Waals surface area contributed by atoms with Crippen molar-refractivity contribution in [3.63, 3.8) is 0 Å². The predicted molar refractivity (Wildman–Crippen MR) is 126 cm³/mol. The Morgan fingerprint density at radius 1 is 0.909 bits per heavy atom. The quantitative estimate of drug-likeness (QED) is 0.326. The number of ether oxygens (including phenoxy) is 2. The topological polar surface area (TPSA) is 76.1 Å². The Hall–Kier alpha value is -4.06. The summed E-state index contributed by atoms with van der Waals surface area (Å²) in [6.07, 6.45) is 0.00716. The molecule has 1 aliphatic heterocycles. The summed E-state index contributed by atoms with van der Waals surface area (Å²) in [7, 11) is 1.55. The van der Waals surface area contributed by atoms with Crippen molar-refractivity contribution < 1.29 is 24.2 Å². The normalized spacial score (nSPS) is 17.5. The lowest BCUT2D eigenvalue weighted by molar-refractivity contribution is -0.132. The maximum atomic E-state index is 13.2. The van der Waals surface area contributed by atoms with Gasteiger partial charge in [-0.2, -0.15) is 0 Å². The van der Waals surface area contributed by atoms with Crippen LogP contribution in [0.5, 0.6) is 11.5 Å². The number of rotatable bonds is 6. The zero-order valence-electron chi connectivity index (χ0n) is 18.7. The Kier molecular flexibility index (Phi) is 6.18. The van der Waals surface area contributed by atoms with E-state index in [4.69, 9.17) is 9.47 Å². The number of hydrogen-bond acceptors (Lipinski definition) is 5. The second kappa shape index (κ2) is 9.20. The number of anilines is 1. The fourth-order valence-corrected chi connectivity index (χ4v) is 3.93. The largest absolute Gasteiger partial charge is 0.507 e. The highest BCUT2D eigenvalue weighted by molar-refractivity contribution is 6.51. The molecule has 1 saturated heterocycles. The van der Waals surface area contributed by atoms with Gasteiger partial charge in [-0.3, -0.25) is 14.5 Å². The van der Waals surface area contributed by atoms with E-state index in [1.54, 1.807) is 79.9 Å². The van der Waals surface area contributed by atoms with Crippen LogP contribution in [0.25, 0.3) is 5.76 Å². The molecule has 0 spiro atoms. The first-order valence-corrected chi connectivity index (χ1v) is 10.7. The molecule has 4 rings (SSSR count). The number of ketones is 1. The molecule has 1 atom stereocenters. The molecule has 6 heteroatoms. The molecule has 6 nitrogen and oxygen atoms in total. The first kappa shape index (κ1) is 22.1.